The van der Waals surface area contributed by atoms with Crippen molar-refractivity contribution in [1.29, 1.82) is 0 Å². The molecular formula is C13H5BrFIO2. The van der Waals surface area contributed by atoms with E-state index >= 15 is 0 Å². The molecule has 90 valence electrons. The molecule has 0 atom stereocenters. The average Bonchev–Trinajstić information content (AvgIpc) is 2.32. The van der Waals surface area contributed by atoms with Gasteiger partial charge in [-0.3, -0.25) is 4.79 Å². The van der Waals surface area contributed by atoms with E-state index in [1.165, 1.54) is 6.07 Å². The molecule has 0 aliphatic heterocycles. The highest BCUT2D eigenvalue weighted by Gasteiger charge is 2.12. The van der Waals surface area contributed by atoms with Gasteiger partial charge in [-0.2, -0.15) is 0 Å². The Labute approximate surface area is 123 Å². The second-order valence-electron chi connectivity index (χ2n) is 3.84. The summed E-state index contributed by atoms with van der Waals surface area (Å²) in [4.78, 5) is 12.3. The van der Waals surface area contributed by atoms with E-state index in [1.807, 2.05) is 22.6 Å². The molecule has 0 N–H and O–H groups in total. The quantitative estimate of drug-likeness (QED) is 0.398. The van der Waals surface area contributed by atoms with Crippen LogP contribution in [0.1, 0.15) is 0 Å². The minimum absolute atomic E-state index is 0.00948. The number of benzene rings is 2. The van der Waals surface area contributed by atoms with E-state index in [2.05, 4.69) is 15.9 Å². The molecule has 0 aliphatic carbocycles. The molecule has 1 aromatic heterocycles. The van der Waals surface area contributed by atoms with E-state index in [-0.39, 0.29) is 16.4 Å². The van der Waals surface area contributed by atoms with Gasteiger partial charge in [0.2, 0.25) is 5.43 Å². The Hall–Kier alpha value is -0.950. The maximum atomic E-state index is 13.8. The van der Waals surface area contributed by atoms with Gasteiger partial charge < -0.3 is 4.42 Å². The van der Waals surface area contributed by atoms with Crippen LogP contribution >= 0.6 is 38.5 Å². The molecular weight excluding hydrogens is 414 g/mol. The van der Waals surface area contributed by atoms with Crippen LogP contribution in [0.25, 0.3) is 21.9 Å². The van der Waals surface area contributed by atoms with Crippen LogP contribution in [-0.2, 0) is 0 Å². The molecule has 3 aromatic rings. The third kappa shape index (κ3) is 1.85. The molecule has 5 heteroatoms. The normalized spacial score (nSPS) is 11.3. The Morgan fingerprint density at radius 1 is 1.17 bits per heavy atom. The van der Waals surface area contributed by atoms with Crippen molar-refractivity contribution in [2.45, 2.75) is 0 Å². The first-order chi connectivity index (χ1) is 8.56. The fourth-order valence-corrected chi connectivity index (χ4v) is 2.80. The summed E-state index contributed by atoms with van der Waals surface area (Å²) in [6.07, 6.45) is 0. The van der Waals surface area contributed by atoms with Crippen molar-refractivity contribution in [3.63, 3.8) is 0 Å². The lowest BCUT2D eigenvalue weighted by Crippen LogP contribution is -2.03. The summed E-state index contributed by atoms with van der Waals surface area (Å²) < 4.78 is 20.7. The maximum Gasteiger partial charge on any atom is 0.200 e. The highest BCUT2D eigenvalue weighted by molar-refractivity contribution is 14.1. The Morgan fingerprint density at radius 2 is 1.94 bits per heavy atom. The molecule has 2 aromatic carbocycles. The Morgan fingerprint density at radius 3 is 2.72 bits per heavy atom. The number of rotatable bonds is 0. The van der Waals surface area contributed by atoms with Crippen molar-refractivity contribution in [3.05, 3.63) is 54.4 Å². The highest BCUT2D eigenvalue weighted by atomic mass is 127. The summed E-state index contributed by atoms with van der Waals surface area (Å²) in [5, 5.41) is 0.711. The molecule has 0 bridgehead atoms. The molecule has 0 fully saturated rings. The van der Waals surface area contributed by atoms with Crippen molar-refractivity contribution >= 4 is 60.5 Å². The molecule has 0 unspecified atom stereocenters. The fraction of sp³-hybridized carbons (Fsp3) is 0. The summed E-state index contributed by atoms with van der Waals surface area (Å²) in [7, 11) is 0. The van der Waals surface area contributed by atoms with Gasteiger partial charge in [-0.05, 0) is 52.9 Å². The van der Waals surface area contributed by atoms with Crippen LogP contribution < -0.4 is 5.43 Å². The largest absolute Gasteiger partial charge is 0.453 e. The van der Waals surface area contributed by atoms with Gasteiger partial charge in [-0.1, -0.05) is 15.9 Å². The van der Waals surface area contributed by atoms with Gasteiger partial charge in [0.15, 0.2) is 11.4 Å². The predicted octanol–water partition coefficient (Wildman–Crippen LogP) is 4.45. The van der Waals surface area contributed by atoms with E-state index in [9.17, 15) is 9.18 Å². The lowest BCUT2D eigenvalue weighted by molar-refractivity contribution is 0.578. The van der Waals surface area contributed by atoms with E-state index in [0.717, 1.165) is 4.47 Å². The maximum absolute atomic E-state index is 13.8. The van der Waals surface area contributed by atoms with E-state index in [1.54, 1.807) is 24.3 Å². The van der Waals surface area contributed by atoms with Crippen molar-refractivity contribution < 1.29 is 8.81 Å². The number of hydrogen-bond donors (Lipinski definition) is 0. The molecule has 2 nitrogen and oxygen atoms in total. The smallest absolute Gasteiger partial charge is 0.200 e. The minimum Gasteiger partial charge on any atom is -0.453 e. The molecule has 0 saturated carbocycles. The summed E-state index contributed by atoms with van der Waals surface area (Å²) in [5.74, 6) is -0.515. The molecule has 0 amide bonds. The second kappa shape index (κ2) is 4.31. The molecule has 0 spiro atoms. The number of hydrogen-bond acceptors (Lipinski definition) is 2. The highest BCUT2D eigenvalue weighted by Crippen LogP contribution is 2.24. The molecule has 3 rings (SSSR count). The standard InChI is InChI=1S/C13H5BrFIO2/c14-6-1-2-11-8(3-6)12(17)9-4-7(16)5-10(15)13(9)18-11/h1-5H. The number of fused-ring (bicyclic) bond motifs is 2. The molecule has 18 heavy (non-hydrogen) atoms. The lowest BCUT2D eigenvalue weighted by Gasteiger charge is -2.03. The van der Waals surface area contributed by atoms with Crippen LogP contribution in [0.2, 0.25) is 0 Å². The number of halogens is 3. The Bertz CT molecular complexity index is 842. The first kappa shape index (κ1) is 12.1. The topological polar surface area (TPSA) is 30.2 Å². The van der Waals surface area contributed by atoms with Gasteiger partial charge in [0.05, 0.1) is 10.8 Å². The molecule has 0 radical (unpaired) electrons. The lowest BCUT2D eigenvalue weighted by atomic mass is 10.1. The zero-order valence-electron chi connectivity index (χ0n) is 8.84. The summed E-state index contributed by atoms with van der Waals surface area (Å²) in [6, 6.07) is 8.05. The van der Waals surface area contributed by atoms with E-state index in [0.29, 0.717) is 14.5 Å². The van der Waals surface area contributed by atoms with Gasteiger partial charge in [0, 0.05) is 8.04 Å². The van der Waals surface area contributed by atoms with Crippen molar-refractivity contribution in [2.24, 2.45) is 0 Å². The summed E-state index contributed by atoms with van der Waals surface area (Å²) in [5.41, 5.74) is 0.177. The molecule has 1 heterocycles. The zero-order valence-corrected chi connectivity index (χ0v) is 12.6. The van der Waals surface area contributed by atoms with Crippen LogP contribution in [0, 0.1) is 9.39 Å². The second-order valence-corrected chi connectivity index (χ2v) is 6.00. The predicted molar refractivity (Wildman–Crippen MR) is 80.4 cm³/mol. The van der Waals surface area contributed by atoms with Crippen LogP contribution in [0.4, 0.5) is 4.39 Å². The Kier molecular flexibility index (Phi) is 2.90. The van der Waals surface area contributed by atoms with Gasteiger partial charge in [-0.15, -0.1) is 0 Å². The van der Waals surface area contributed by atoms with Gasteiger partial charge in [-0.25, -0.2) is 4.39 Å². The van der Waals surface area contributed by atoms with Crippen LogP contribution in [0.15, 0.2) is 44.0 Å². The van der Waals surface area contributed by atoms with Crippen molar-refractivity contribution in [3.8, 4) is 0 Å². The van der Waals surface area contributed by atoms with E-state index < -0.39 is 5.82 Å². The van der Waals surface area contributed by atoms with Crippen molar-refractivity contribution in [1.82, 2.24) is 0 Å². The monoisotopic (exact) mass is 418 g/mol. The third-order valence-electron chi connectivity index (χ3n) is 2.65. The van der Waals surface area contributed by atoms with Crippen molar-refractivity contribution in [2.75, 3.05) is 0 Å². The fourth-order valence-electron chi connectivity index (χ4n) is 1.86. The summed E-state index contributed by atoms with van der Waals surface area (Å²) >= 11 is 5.27. The SMILES string of the molecule is O=c1c2cc(Br)ccc2oc2c(F)cc(I)cc12. The van der Waals surface area contributed by atoms with Crippen LogP contribution in [0.5, 0.6) is 0 Å². The van der Waals surface area contributed by atoms with Crippen LogP contribution in [-0.4, -0.2) is 0 Å². The summed E-state index contributed by atoms with van der Waals surface area (Å²) in [6.45, 7) is 0. The zero-order chi connectivity index (χ0) is 12.9. The third-order valence-corrected chi connectivity index (χ3v) is 3.77. The van der Waals surface area contributed by atoms with Gasteiger partial charge in [0.1, 0.15) is 5.58 Å². The first-order valence-corrected chi connectivity index (χ1v) is 6.94. The first-order valence-electron chi connectivity index (χ1n) is 5.07. The van der Waals surface area contributed by atoms with Gasteiger partial charge >= 0.3 is 0 Å². The minimum atomic E-state index is -0.515. The Balaban J connectivity index is 2.61. The molecule has 0 aliphatic rings. The van der Waals surface area contributed by atoms with Crippen LogP contribution in [0.3, 0.4) is 0 Å². The van der Waals surface area contributed by atoms with Gasteiger partial charge in [0.25, 0.3) is 0 Å². The van der Waals surface area contributed by atoms with E-state index in [4.69, 9.17) is 4.42 Å². The molecule has 0 saturated heterocycles. The average molecular weight is 419 g/mol.